The van der Waals surface area contributed by atoms with E-state index >= 15 is 0 Å². The fourth-order valence-corrected chi connectivity index (χ4v) is 5.01. The minimum absolute atomic E-state index is 0. The van der Waals surface area contributed by atoms with E-state index in [-0.39, 0.29) is 35.4 Å². The van der Waals surface area contributed by atoms with E-state index in [0.717, 1.165) is 45.1 Å². The number of rotatable bonds is 7. The van der Waals surface area contributed by atoms with Crippen LogP contribution in [-0.4, -0.2) is 62.8 Å². The van der Waals surface area contributed by atoms with Gasteiger partial charge in [-0.15, -0.1) is 24.0 Å². The Balaban J connectivity index is 0.00000289. The molecule has 32 heavy (non-hydrogen) atoms. The van der Waals surface area contributed by atoms with E-state index < -0.39 is 0 Å². The van der Waals surface area contributed by atoms with Crippen molar-refractivity contribution in [2.45, 2.75) is 37.1 Å². The van der Waals surface area contributed by atoms with Gasteiger partial charge < -0.3 is 15.4 Å². The van der Waals surface area contributed by atoms with Gasteiger partial charge in [0.05, 0.1) is 0 Å². The molecule has 0 amide bonds. The van der Waals surface area contributed by atoms with E-state index in [2.05, 4.69) is 81.2 Å². The molecule has 0 saturated carbocycles. The van der Waals surface area contributed by atoms with Crippen LogP contribution in [0.3, 0.4) is 0 Å². The van der Waals surface area contributed by atoms with Gasteiger partial charge in [-0.3, -0.25) is 9.89 Å². The standard InChI is InChI=1S/C26H36N4O.HI/c1-27-25(29-21-26(14-18-31-19-15-26)30-16-8-9-17-30)28-20-24(22-10-4-2-5-11-22)23-12-6-3-7-13-23;/h2-7,10-13,24H,8-9,14-21H2,1H3,(H2,27,28,29);1H. The summed E-state index contributed by atoms with van der Waals surface area (Å²) in [5, 5.41) is 7.26. The fraction of sp³-hybridized carbons (Fsp3) is 0.500. The number of hydrogen-bond donors (Lipinski definition) is 2. The van der Waals surface area contributed by atoms with Gasteiger partial charge in [-0.1, -0.05) is 60.7 Å². The first kappa shape index (κ1) is 25.0. The second-order valence-electron chi connectivity index (χ2n) is 8.71. The zero-order valence-corrected chi connectivity index (χ0v) is 21.5. The Morgan fingerprint density at radius 2 is 1.50 bits per heavy atom. The monoisotopic (exact) mass is 548 g/mol. The lowest BCUT2D eigenvalue weighted by Gasteiger charge is -2.45. The van der Waals surface area contributed by atoms with Gasteiger partial charge in [-0.2, -0.15) is 0 Å². The molecule has 2 saturated heterocycles. The van der Waals surface area contributed by atoms with Crippen molar-refractivity contribution in [3.63, 3.8) is 0 Å². The average molecular weight is 549 g/mol. The molecule has 0 unspecified atom stereocenters. The van der Waals surface area contributed by atoms with Crippen molar-refractivity contribution in [3.05, 3.63) is 71.8 Å². The van der Waals surface area contributed by atoms with Gasteiger partial charge in [-0.05, 0) is 49.9 Å². The predicted molar refractivity (Wildman–Crippen MR) is 143 cm³/mol. The molecule has 2 fully saturated rings. The third-order valence-electron chi connectivity index (χ3n) is 6.89. The lowest BCUT2D eigenvalue weighted by molar-refractivity contribution is -0.0164. The summed E-state index contributed by atoms with van der Waals surface area (Å²) in [6, 6.07) is 21.4. The molecule has 0 bridgehead atoms. The molecule has 2 N–H and O–H groups in total. The highest BCUT2D eigenvalue weighted by molar-refractivity contribution is 14.0. The van der Waals surface area contributed by atoms with Gasteiger partial charge in [0.2, 0.25) is 0 Å². The summed E-state index contributed by atoms with van der Waals surface area (Å²) in [7, 11) is 1.86. The van der Waals surface area contributed by atoms with E-state index in [1.165, 1.54) is 37.1 Å². The smallest absolute Gasteiger partial charge is 0.191 e. The molecule has 4 rings (SSSR count). The van der Waals surface area contributed by atoms with Crippen molar-refractivity contribution in [1.82, 2.24) is 15.5 Å². The molecule has 0 atom stereocenters. The summed E-state index contributed by atoms with van der Waals surface area (Å²) < 4.78 is 5.69. The first-order chi connectivity index (χ1) is 15.3. The van der Waals surface area contributed by atoms with Crippen LogP contribution in [0.4, 0.5) is 0 Å². The highest BCUT2D eigenvalue weighted by Crippen LogP contribution is 2.31. The molecule has 174 valence electrons. The van der Waals surface area contributed by atoms with Crippen LogP contribution in [0.1, 0.15) is 42.7 Å². The van der Waals surface area contributed by atoms with Gasteiger partial charge in [-0.25, -0.2) is 0 Å². The summed E-state index contributed by atoms with van der Waals surface area (Å²) >= 11 is 0. The molecule has 2 aliphatic heterocycles. The minimum atomic E-state index is 0. The zero-order chi connectivity index (χ0) is 21.4. The second-order valence-corrected chi connectivity index (χ2v) is 8.71. The average Bonchev–Trinajstić information content (AvgIpc) is 3.39. The van der Waals surface area contributed by atoms with Crippen LogP contribution < -0.4 is 10.6 Å². The summed E-state index contributed by atoms with van der Waals surface area (Å²) in [5.74, 6) is 1.15. The van der Waals surface area contributed by atoms with Crippen molar-refractivity contribution in [1.29, 1.82) is 0 Å². The molecule has 2 heterocycles. The van der Waals surface area contributed by atoms with Crippen molar-refractivity contribution in [2.75, 3.05) is 46.4 Å². The maximum absolute atomic E-state index is 5.69. The summed E-state index contributed by atoms with van der Waals surface area (Å²) in [5.41, 5.74) is 2.81. The number of nitrogens with one attached hydrogen (secondary N) is 2. The molecule has 0 spiro atoms. The SMILES string of the molecule is CN=C(NCC(c1ccccc1)c1ccccc1)NCC1(N2CCCC2)CCOCC1.I. The van der Waals surface area contributed by atoms with Gasteiger partial charge >= 0.3 is 0 Å². The number of nitrogens with zero attached hydrogens (tertiary/aromatic N) is 2. The number of aliphatic imine (C=N–C) groups is 1. The minimum Gasteiger partial charge on any atom is -0.381 e. The van der Waals surface area contributed by atoms with Crippen molar-refractivity contribution in [2.24, 2.45) is 4.99 Å². The molecule has 0 aliphatic carbocycles. The van der Waals surface area contributed by atoms with Crippen LogP contribution in [-0.2, 0) is 4.74 Å². The molecule has 2 aliphatic rings. The van der Waals surface area contributed by atoms with E-state index in [9.17, 15) is 0 Å². The maximum atomic E-state index is 5.69. The number of benzene rings is 2. The summed E-state index contributed by atoms with van der Waals surface area (Å²) in [6.07, 6.45) is 4.80. The normalized spacial score (nSPS) is 18.9. The van der Waals surface area contributed by atoms with Crippen LogP contribution in [0.5, 0.6) is 0 Å². The molecule has 5 nitrogen and oxygen atoms in total. The number of hydrogen-bond acceptors (Lipinski definition) is 3. The second kappa shape index (κ2) is 12.6. The lowest BCUT2D eigenvalue weighted by Crippen LogP contribution is -2.58. The Bertz CT molecular complexity index is 779. The topological polar surface area (TPSA) is 48.9 Å². The van der Waals surface area contributed by atoms with Gasteiger partial charge in [0.25, 0.3) is 0 Å². The predicted octanol–water partition coefficient (Wildman–Crippen LogP) is 4.25. The summed E-state index contributed by atoms with van der Waals surface area (Å²) in [4.78, 5) is 7.22. The zero-order valence-electron chi connectivity index (χ0n) is 19.1. The van der Waals surface area contributed by atoms with E-state index in [1.54, 1.807) is 0 Å². The number of guanidine groups is 1. The third-order valence-corrected chi connectivity index (χ3v) is 6.89. The molecular weight excluding hydrogens is 511 g/mol. The van der Waals surface area contributed by atoms with E-state index in [4.69, 9.17) is 4.74 Å². The first-order valence-electron chi connectivity index (χ1n) is 11.7. The van der Waals surface area contributed by atoms with Gasteiger partial charge in [0, 0.05) is 44.8 Å². The molecule has 2 aromatic carbocycles. The lowest BCUT2D eigenvalue weighted by atomic mass is 9.88. The Morgan fingerprint density at radius 3 is 2.03 bits per heavy atom. The molecule has 0 aromatic heterocycles. The van der Waals surface area contributed by atoms with Crippen molar-refractivity contribution < 1.29 is 4.74 Å². The van der Waals surface area contributed by atoms with Gasteiger partial charge in [0.1, 0.15) is 0 Å². The van der Waals surface area contributed by atoms with Crippen LogP contribution in [0.15, 0.2) is 65.7 Å². The van der Waals surface area contributed by atoms with Crippen LogP contribution in [0.25, 0.3) is 0 Å². The first-order valence-corrected chi connectivity index (χ1v) is 11.7. The van der Waals surface area contributed by atoms with E-state index in [0.29, 0.717) is 0 Å². The molecular formula is C26H37IN4O. The Labute approximate surface area is 210 Å². The van der Waals surface area contributed by atoms with Crippen LogP contribution in [0, 0.1) is 0 Å². The van der Waals surface area contributed by atoms with E-state index in [1.807, 2.05) is 7.05 Å². The summed E-state index contributed by atoms with van der Waals surface area (Å²) in [6.45, 7) is 5.84. The quantitative estimate of drug-likeness (QED) is 0.309. The Kier molecular flexibility index (Phi) is 9.81. The fourth-order valence-electron chi connectivity index (χ4n) is 5.01. The Morgan fingerprint density at radius 1 is 0.938 bits per heavy atom. The van der Waals surface area contributed by atoms with Crippen LogP contribution >= 0.6 is 24.0 Å². The van der Waals surface area contributed by atoms with Gasteiger partial charge in [0.15, 0.2) is 5.96 Å². The number of ether oxygens (including phenoxy) is 1. The molecule has 6 heteroatoms. The number of halogens is 1. The highest BCUT2D eigenvalue weighted by atomic mass is 127. The molecule has 0 radical (unpaired) electrons. The van der Waals surface area contributed by atoms with Crippen molar-refractivity contribution in [3.8, 4) is 0 Å². The van der Waals surface area contributed by atoms with Crippen molar-refractivity contribution >= 4 is 29.9 Å². The highest BCUT2D eigenvalue weighted by Gasteiger charge is 2.39. The Hall–Kier alpha value is -1.64. The maximum Gasteiger partial charge on any atom is 0.191 e. The largest absolute Gasteiger partial charge is 0.381 e. The number of likely N-dealkylation sites (tertiary alicyclic amines) is 1. The molecule has 2 aromatic rings. The third kappa shape index (κ3) is 6.23. The van der Waals surface area contributed by atoms with Crippen LogP contribution in [0.2, 0.25) is 0 Å².